The molecule has 0 amide bonds. The molecule has 3 N–H and O–H groups in total. The highest BCUT2D eigenvalue weighted by Gasteiger charge is 2.16. The number of nitrogens with zero attached hydrogens (tertiary/aromatic N) is 2. The van der Waals surface area contributed by atoms with E-state index < -0.39 is 4.92 Å². The monoisotopic (exact) mass is 254 g/mol. The van der Waals surface area contributed by atoms with Gasteiger partial charge in [0.25, 0.3) is 0 Å². The van der Waals surface area contributed by atoms with Gasteiger partial charge in [-0.3, -0.25) is 10.1 Å². The molecular formula is C11H18N4O3. The Labute approximate surface area is 105 Å². The Morgan fingerprint density at radius 1 is 1.56 bits per heavy atom. The third-order valence-electron chi connectivity index (χ3n) is 2.58. The van der Waals surface area contributed by atoms with Gasteiger partial charge in [-0.05, 0) is 12.0 Å². The summed E-state index contributed by atoms with van der Waals surface area (Å²) in [6, 6.07) is 2.96. The lowest BCUT2D eigenvalue weighted by Crippen LogP contribution is -2.30. The van der Waals surface area contributed by atoms with Crippen LogP contribution in [0.25, 0.3) is 0 Å². The molecule has 0 aromatic carbocycles. The molecule has 1 rings (SSSR count). The summed E-state index contributed by atoms with van der Waals surface area (Å²) < 4.78 is 5.10. The number of hydrogen-bond donors (Lipinski definition) is 2. The van der Waals surface area contributed by atoms with Crippen LogP contribution in [-0.4, -0.2) is 29.7 Å². The fraction of sp³-hybridized carbons (Fsp3) is 0.545. The van der Waals surface area contributed by atoms with Crippen molar-refractivity contribution in [3.05, 3.63) is 22.2 Å². The van der Waals surface area contributed by atoms with Crippen LogP contribution in [-0.2, 0) is 4.74 Å². The Kier molecular flexibility index (Phi) is 4.85. The second kappa shape index (κ2) is 6.15. The zero-order chi connectivity index (χ0) is 13.7. The van der Waals surface area contributed by atoms with Gasteiger partial charge in [0.15, 0.2) is 0 Å². The van der Waals surface area contributed by atoms with Crippen molar-refractivity contribution < 1.29 is 9.66 Å². The van der Waals surface area contributed by atoms with Crippen LogP contribution in [0.5, 0.6) is 0 Å². The Morgan fingerprint density at radius 2 is 2.22 bits per heavy atom. The molecular weight excluding hydrogens is 236 g/mol. The summed E-state index contributed by atoms with van der Waals surface area (Å²) in [5.41, 5.74) is 5.34. The first-order valence-corrected chi connectivity index (χ1v) is 5.62. The Morgan fingerprint density at radius 3 is 2.67 bits per heavy atom. The molecule has 0 fully saturated rings. The minimum absolute atomic E-state index is 0.0726. The maximum absolute atomic E-state index is 10.6. The lowest BCUT2D eigenvalue weighted by atomic mass is 10.1. The lowest BCUT2D eigenvalue weighted by Gasteiger charge is -2.22. The van der Waals surface area contributed by atoms with Gasteiger partial charge in [0.05, 0.1) is 17.6 Å². The fourth-order valence-electron chi connectivity index (χ4n) is 1.47. The summed E-state index contributed by atoms with van der Waals surface area (Å²) >= 11 is 0. The highest BCUT2D eigenvalue weighted by Crippen LogP contribution is 2.21. The van der Waals surface area contributed by atoms with Gasteiger partial charge in [-0.2, -0.15) is 0 Å². The van der Waals surface area contributed by atoms with Gasteiger partial charge in [-0.15, -0.1) is 0 Å². The highest BCUT2D eigenvalue weighted by molar-refractivity contribution is 5.57. The normalized spacial score (nSPS) is 12.4. The lowest BCUT2D eigenvalue weighted by molar-refractivity contribution is -0.384. The Bertz CT molecular complexity index is 423. The van der Waals surface area contributed by atoms with Gasteiger partial charge in [0.2, 0.25) is 5.82 Å². The minimum atomic E-state index is -0.554. The van der Waals surface area contributed by atoms with Crippen LogP contribution < -0.4 is 11.1 Å². The molecule has 0 saturated heterocycles. The predicted molar refractivity (Wildman–Crippen MR) is 69.4 cm³/mol. The molecule has 1 aromatic heterocycles. The summed E-state index contributed by atoms with van der Waals surface area (Å²) in [6.07, 6.45) is 0. The molecule has 18 heavy (non-hydrogen) atoms. The largest absolute Gasteiger partial charge is 0.383 e. The molecule has 0 aliphatic carbocycles. The van der Waals surface area contributed by atoms with E-state index in [-0.39, 0.29) is 17.5 Å². The summed E-state index contributed by atoms with van der Waals surface area (Å²) in [4.78, 5) is 14.0. The number of hydrogen-bond acceptors (Lipinski definition) is 6. The van der Waals surface area contributed by atoms with Gasteiger partial charge in [0.1, 0.15) is 5.82 Å². The number of nitro groups is 1. The molecule has 1 aromatic rings. The molecule has 1 atom stereocenters. The first kappa shape index (κ1) is 14.2. The number of anilines is 2. The van der Waals surface area contributed by atoms with Gasteiger partial charge < -0.3 is 15.8 Å². The molecule has 0 spiro atoms. The van der Waals surface area contributed by atoms with Crippen molar-refractivity contribution in [2.75, 3.05) is 24.8 Å². The quantitative estimate of drug-likeness (QED) is 0.591. The van der Waals surface area contributed by atoms with E-state index in [1.165, 1.54) is 6.07 Å². The number of rotatable bonds is 6. The van der Waals surface area contributed by atoms with Crippen molar-refractivity contribution in [3.63, 3.8) is 0 Å². The van der Waals surface area contributed by atoms with E-state index in [1.54, 1.807) is 13.2 Å². The average molecular weight is 254 g/mol. The number of nitrogen functional groups attached to an aromatic ring is 1. The van der Waals surface area contributed by atoms with Crippen molar-refractivity contribution in [2.24, 2.45) is 5.92 Å². The first-order chi connectivity index (χ1) is 8.45. The van der Waals surface area contributed by atoms with Crippen molar-refractivity contribution in [2.45, 2.75) is 19.9 Å². The molecule has 1 unspecified atom stereocenters. The average Bonchev–Trinajstić information content (AvgIpc) is 2.27. The number of nitrogens with two attached hydrogens (primary N) is 1. The smallest absolute Gasteiger partial charge is 0.311 e. The molecule has 0 aliphatic rings. The molecule has 0 radical (unpaired) electrons. The number of ether oxygens (including phenoxy) is 1. The first-order valence-electron chi connectivity index (χ1n) is 5.62. The van der Waals surface area contributed by atoms with Crippen LogP contribution in [0.15, 0.2) is 12.1 Å². The van der Waals surface area contributed by atoms with Crippen molar-refractivity contribution >= 4 is 17.3 Å². The van der Waals surface area contributed by atoms with Crippen LogP contribution >= 0.6 is 0 Å². The Balaban J connectivity index is 2.84. The molecule has 100 valence electrons. The van der Waals surface area contributed by atoms with Crippen LogP contribution in [0, 0.1) is 16.0 Å². The van der Waals surface area contributed by atoms with E-state index in [2.05, 4.69) is 10.3 Å². The molecule has 0 saturated carbocycles. The highest BCUT2D eigenvalue weighted by atomic mass is 16.6. The van der Waals surface area contributed by atoms with Gasteiger partial charge in [-0.1, -0.05) is 13.8 Å². The third kappa shape index (κ3) is 3.56. The van der Waals surface area contributed by atoms with Gasteiger partial charge >= 0.3 is 5.69 Å². The number of methoxy groups -OCH3 is 1. The summed E-state index contributed by atoms with van der Waals surface area (Å²) in [5, 5.41) is 13.8. The molecule has 1 heterocycles. The summed E-state index contributed by atoms with van der Waals surface area (Å²) in [6.45, 7) is 4.62. The second-order valence-corrected chi connectivity index (χ2v) is 4.31. The van der Waals surface area contributed by atoms with Crippen molar-refractivity contribution in [1.82, 2.24) is 4.98 Å². The maximum atomic E-state index is 10.6. The van der Waals surface area contributed by atoms with Crippen molar-refractivity contribution in [3.8, 4) is 0 Å². The van der Waals surface area contributed by atoms with E-state index in [1.807, 2.05) is 13.8 Å². The fourth-order valence-corrected chi connectivity index (χ4v) is 1.47. The molecule has 0 bridgehead atoms. The predicted octanol–water partition coefficient (Wildman–Crippen LogP) is 1.65. The topological polar surface area (TPSA) is 103 Å². The van der Waals surface area contributed by atoms with Crippen molar-refractivity contribution in [1.29, 1.82) is 0 Å². The van der Waals surface area contributed by atoms with E-state index in [4.69, 9.17) is 10.5 Å². The Hall–Kier alpha value is -1.89. The second-order valence-electron chi connectivity index (χ2n) is 4.31. The van der Waals surface area contributed by atoms with E-state index in [0.717, 1.165) is 0 Å². The van der Waals surface area contributed by atoms with E-state index in [9.17, 15) is 10.1 Å². The summed E-state index contributed by atoms with van der Waals surface area (Å²) in [7, 11) is 1.62. The maximum Gasteiger partial charge on any atom is 0.311 e. The van der Waals surface area contributed by atoms with E-state index in [0.29, 0.717) is 18.3 Å². The third-order valence-corrected chi connectivity index (χ3v) is 2.58. The van der Waals surface area contributed by atoms with Crippen LogP contribution in [0.4, 0.5) is 17.3 Å². The van der Waals surface area contributed by atoms with Crippen LogP contribution in [0.2, 0.25) is 0 Å². The van der Waals surface area contributed by atoms with Gasteiger partial charge in [0, 0.05) is 13.2 Å². The standard InChI is InChI=1S/C11H18N4O3/c1-7(2)8(6-18-3)13-10-5-4-9(15(16)17)11(12)14-10/h4-5,7-8H,6H2,1-3H3,(H3,12,13,14). The van der Waals surface area contributed by atoms with Crippen LogP contribution in [0.3, 0.4) is 0 Å². The SMILES string of the molecule is COCC(Nc1ccc([N+](=O)[O-])c(N)n1)C(C)C. The molecule has 7 heteroatoms. The summed E-state index contributed by atoms with van der Waals surface area (Å²) in [5.74, 6) is 0.752. The number of aromatic nitrogens is 1. The van der Waals surface area contributed by atoms with Gasteiger partial charge in [-0.25, -0.2) is 4.98 Å². The van der Waals surface area contributed by atoms with E-state index >= 15 is 0 Å². The minimum Gasteiger partial charge on any atom is -0.383 e. The zero-order valence-electron chi connectivity index (χ0n) is 10.7. The number of nitrogens with one attached hydrogen (secondary N) is 1. The van der Waals surface area contributed by atoms with Crippen LogP contribution in [0.1, 0.15) is 13.8 Å². The number of pyridine rings is 1. The zero-order valence-corrected chi connectivity index (χ0v) is 10.7. The molecule has 7 nitrogen and oxygen atoms in total. The molecule has 0 aliphatic heterocycles.